The average Bonchev–Trinajstić information content (AvgIpc) is 2.28. The first-order valence-electron chi connectivity index (χ1n) is 5.07. The maximum atomic E-state index is 13.1. The number of hydrogen-bond donors (Lipinski definition) is 1. The first kappa shape index (κ1) is 13.1. The maximum Gasteiger partial charge on any atom is 0.147 e. The van der Waals surface area contributed by atoms with Crippen molar-refractivity contribution in [1.82, 2.24) is 0 Å². The van der Waals surface area contributed by atoms with Gasteiger partial charge in [0, 0.05) is 24.4 Å². The molecule has 1 atom stereocenters. The highest BCUT2D eigenvalue weighted by Crippen LogP contribution is 2.15. The van der Waals surface area contributed by atoms with Crippen LogP contribution in [0.2, 0.25) is 0 Å². The Bertz CT molecular complexity index is 371. The molecule has 0 heterocycles. The van der Waals surface area contributed by atoms with Crippen LogP contribution in [-0.2, 0) is 15.5 Å². The molecule has 0 bridgehead atoms. The first-order valence-corrected chi connectivity index (χ1v) is 6.39. The third-order valence-electron chi connectivity index (χ3n) is 2.16. The van der Waals surface area contributed by atoms with E-state index in [1.54, 1.807) is 13.2 Å². The number of ether oxygens (including phenoxy) is 1. The van der Waals surface area contributed by atoms with Gasteiger partial charge in [-0.25, -0.2) is 4.39 Å². The third-order valence-corrected chi connectivity index (χ3v) is 3.60. The molecule has 0 radical (unpaired) electrons. The Kier molecular flexibility index (Phi) is 5.42. The molecule has 16 heavy (non-hydrogen) atoms. The van der Waals surface area contributed by atoms with E-state index in [2.05, 4.69) is 0 Å². The standard InChI is InChI=1S/C11H16FNO2S/c1-15-6-2-3-7-16(14)9-4-5-11(13)10(12)8-9/h4-5,8H,2-3,6-7,13H2,1H3. The molecule has 0 aromatic heterocycles. The Hall–Kier alpha value is -0.940. The van der Waals surface area contributed by atoms with Gasteiger partial charge in [-0.15, -0.1) is 0 Å². The van der Waals surface area contributed by atoms with Crippen LogP contribution in [0, 0.1) is 5.82 Å². The van der Waals surface area contributed by atoms with Crippen molar-refractivity contribution in [3.05, 3.63) is 24.0 Å². The topological polar surface area (TPSA) is 52.3 Å². The molecule has 1 unspecified atom stereocenters. The number of halogens is 1. The van der Waals surface area contributed by atoms with Crippen molar-refractivity contribution in [1.29, 1.82) is 0 Å². The molecule has 0 spiro atoms. The summed E-state index contributed by atoms with van der Waals surface area (Å²) in [5.74, 6) is 0.00920. The van der Waals surface area contributed by atoms with Gasteiger partial charge in [0.15, 0.2) is 0 Å². The van der Waals surface area contributed by atoms with Crippen molar-refractivity contribution in [2.75, 3.05) is 25.2 Å². The highest BCUT2D eigenvalue weighted by atomic mass is 32.2. The van der Waals surface area contributed by atoms with Crippen molar-refractivity contribution in [2.24, 2.45) is 0 Å². The molecule has 0 aliphatic rings. The number of nitrogens with two attached hydrogens (primary N) is 1. The second kappa shape index (κ2) is 6.60. The lowest BCUT2D eigenvalue weighted by Gasteiger charge is -2.03. The summed E-state index contributed by atoms with van der Waals surface area (Å²) in [6.45, 7) is 0.660. The molecule has 2 N–H and O–H groups in total. The highest BCUT2D eigenvalue weighted by Gasteiger charge is 2.06. The number of rotatable bonds is 6. The van der Waals surface area contributed by atoms with Crippen LogP contribution in [0.3, 0.4) is 0 Å². The average molecular weight is 245 g/mol. The van der Waals surface area contributed by atoms with Crippen molar-refractivity contribution in [3.63, 3.8) is 0 Å². The van der Waals surface area contributed by atoms with E-state index in [0.717, 1.165) is 12.8 Å². The lowest BCUT2D eigenvalue weighted by atomic mass is 10.3. The minimum atomic E-state index is -1.16. The van der Waals surface area contributed by atoms with Crippen LogP contribution < -0.4 is 5.73 Å². The van der Waals surface area contributed by atoms with Gasteiger partial charge in [-0.05, 0) is 31.0 Å². The number of nitrogen functional groups attached to an aromatic ring is 1. The molecule has 5 heteroatoms. The van der Waals surface area contributed by atoms with E-state index in [0.29, 0.717) is 17.3 Å². The van der Waals surface area contributed by atoms with Gasteiger partial charge in [-0.3, -0.25) is 4.21 Å². The fourth-order valence-corrected chi connectivity index (χ4v) is 2.40. The predicted molar refractivity (Wildman–Crippen MR) is 63.2 cm³/mol. The number of unbranched alkanes of at least 4 members (excludes halogenated alkanes) is 1. The SMILES string of the molecule is COCCCCS(=O)c1ccc(N)c(F)c1. The van der Waals surface area contributed by atoms with E-state index in [9.17, 15) is 8.60 Å². The van der Waals surface area contributed by atoms with Crippen molar-refractivity contribution >= 4 is 16.5 Å². The minimum absolute atomic E-state index is 0.0835. The van der Waals surface area contributed by atoms with Gasteiger partial charge >= 0.3 is 0 Å². The first-order chi connectivity index (χ1) is 7.65. The van der Waals surface area contributed by atoms with Crippen molar-refractivity contribution in [2.45, 2.75) is 17.7 Å². The lowest BCUT2D eigenvalue weighted by molar-refractivity contribution is 0.194. The number of anilines is 1. The fraction of sp³-hybridized carbons (Fsp3) is 0.455. The van der Waals surface area contributed by atoms with Crippen LogP contribution in [0.5, 0.6) is 0 Å². The van der Waals surface area contributed by atoms with Gasteiger partial charge in [0.2, 0.25) is 0 Å². The number of benzene rings is 1. The summed E-state index contributed by atoms with van der Waals surface area (Å²) in [6.07, 6.45) is 1.66. The molecule has 1 aromatic rings. The summed E-state index contributed by atoms with van der Waals surface area (Å²) in [7, 11) is 0.475. The van der Waals surface area contributed by atoms with Crippen LogP contribution in [0.15, 0.2) is 23.1 Å². The normalized spacial score (nSPS) is 12.6. The van der Waals surface area contributed by atoms with Crippen molar-refractivity contribution in [3.8, 4) is 0 Å². The second-order valence-corrected chi connectivity index (χ2v) is 5.00. The number of hydrogen-bond acceptors (Lipinski definition) is 3. The van der Waals surface area contributed by atoms with Gasteiger partial charge in [-0.2, -0.15) is 0 Å². The molecule has 0 fully saturated rings. The van der Waals surface area contributed by atoms with Crippen LogP contribution in [-0.4, -0.2) is 23.7 Å². The van der Waals surface area contributed by atoms with Gasteiger partial charge in [0.05, 0.1) is 16.5 Å². The van der Waals surface area contributed by atoms with Gasteiger partial charge in [0.25, 0.3) is 0 Å². The molecule has 0 amide bonds. The molecule has 1 rings (SSSR count). The molecule has 3 nitrogen and oxygen atoms in total. The summed E-state index contributed by atoms with van der Waals surface area (Å²) in [6, 6.07) is 4.28. The summed E-state index contributed by atoms with van der Waals surface area (Å²) < 4.78 is 29.7. The Morgan fingerprint density at radius 3 is 2.81 bits per heavy atom. The largest absolute Gasteiger partial charge is 0.396 e. The van der Waals surface area contributed by atoms with Gasteiger partial charge in [-0.1, -0.05) is 0 Å². The minimum Gasteiger partial charge on any atom is -0.396 e. The van der Waals surface area contributed by atoms with Crippen molar-refractivity contribution < 1.29 is 13.3 Å². The molecule has 90 valence electrons. The van der Waals surface area contributed by atoms with Crippen LogP contribution in [0.4, 0.5) is 10.1 Å². The van der Waals surface area contributed by atoms with Gasteiger partial charge in [0.1, 0.15) is 5.82 Å². The molecule has 0 saturated carbocycles. The molecule has 1 aromatic carbocycles. The van der Waals surface area contributed by atoms with E-state index < -0.39 is 16.6 Å². The Balaban J connectivity index is 2.50. The maximum absolute atomic E-state index is 13.1. The highest BCUT2D eigenvalue weighted by molar-refractivity contribution is 7.85. The summed E-state index contributed by atoms with van der Waals surface area (Å²) in [5, 5.41) is 0. The third kappa shape index (κ3) is 3.90. The van der Waals surface area contributed by atoms with Crippen LogP contribution >= 0.6 is 0 Å². The van der Waals surface area contributed by atoms with Crippen LogP contribution in [0.1, 0.15) is 12.8 Å². The van der Waals surface area contributed by atoms with Crippen LogP contribution in [0.25, 0.3) is 0 Å². The summed E-state index contributed by atoms with van der Waals surface area (Å²) in [4.78, 5) is 0.490. The molecule has 0 saturated heterocycles. The molecule has 0 aliphatic heterocycles. The molecular weight excluding hydrogens is 229 g/mol. The monoisotopic (exact) mass is 245 g/mol. The summed E-state index contributed by atoms with van der Waals surface area (Å²) >= 11 is 0. The van der Waals surface area contributed by atoms with Gasteiger partial charge < -0.3 is 10.5 Å². The van der Waals surface area contributed by atoms with E-state index in [4.69, 9.17) is 10.5 Å². The Morgan fingerprint density at radius 2 is 2.19 bits per heavy atom. The zero-order chi connectivity index (χ0) is 12.0. The Morgan fingerprint density at radius 1 is 1.44 bits per heavy atom. The fourth-order valence-electron chi connectivity index (χ4n) is 1.25. The quantitative estimate of drug-likeness (QED) is 0.615. The predicted octanol–water partition coefficient (Wildman–Crippen LogP) is 1.94. The van der Waals surface area contributed by atoms with E-state index in [1.165, 1.54) is 12.1 Å². The lowest BCUT2D eigenvalue weighted by Crippen LogP contribution is -2.01. The van der Waals surface area contributed by atoms with E-state index in [-0.39, 0.29) is 5.69 Å². The van der Waals surface area contributed by atoms with E-state index in [1.807, 2.05) is 0 Å². The zero-order valence-corrected chi connectivity index (χ0v) is 10.1. The number of methoxy groups -OCH3 is 1. The smallest absolute Gasteiger partial charge is 0.147 e. The second-order valence-electron chi connectivity index (χ2n) is 3.43. The zero-order valence-electron chi connectivity index (χ0n) is 9.24. The summed E-state index contributed by atoms with van der Waals surface area (Å²) in [5.41, 5.74) is 5.42. The van der Waals surface area contributed by atoms with E-state index >= 15 is 0 Å². The molecular formula is C11H16FNO2S. The molecule has 0 aliphatic carbocycles. The Labute approximate surface area is 97.2 Å².